The minimum atomic E-state index is 0.0831. The van der Waals surface area contributed by atoms with Crippen LogP contribution in [-0.2, 0) is 0 Å². The van der Waals surface area contributed by atoms with Crippen LogP contribution < -0.4 is 5.32 Å². The van der Waals surface area contributed by atoms with Gasteiger partial charge in [0.25, 0.3) is 5.91 Å². The van der Waals surface area contributed by atoms with Crippen molar-refractivity contribution in [3.63, 3.8) is 0 Å². The standard InChI is InChI=1S/C14H16BrClN2O/c15-13-2-1-11(16)5-12(13)14(19)18-4-3-9-6-17-7-10(9)8-18/h1-2,5,9-10,17H,3-4,6-8H2. The number of carbonyl (C=O) groups excluding carboxylic acids is 1. The SMILES string of the molecule is O=C(c1cc(Cl)ccc1Br)N1CCC2CNCC2C1. The molecular formula is C14H16BrClN2O. The van der Waals surface area contributed by atoms with Gasteiger partial charge >= 0.3 is 0 Å². The molecule has 5 heteroatoms. The van der Waals surface area contributed by atoms with E-state index < -0.39 is 0 Å². The van der Waals surface area contributed by atoms with Gasteiger partial charge in [-0.2, -0.15) is 0 Å². The van der Waals surface area contributed by atoms with Gasteiger partial charge in [0.2, 0.25) is 0 Å². The van der Waals surface area contributed by atoms with E-state index in [1.807, 2.05) is 11.0 Å². The number of piperidine rings is 1. The van der Waals surface area contributed by atoms with E-state index in [0.717, 1.165) is 43.0 Å². The van der Waals surface area contributed by atoms with Crippen LogP contribution in [0.1, 0.15) is 16.8 Å². The average molecular weight is 344 g/mol. The van der Waals surface area contributed by atoms with Gasteiger partial charge in [0, 0.05) is 22.6 Å². The highest BCUT2D eigenvalue weighted by Gasteiger charge is 2.35. The summed E-state index contributed by atoms with van der Waals surface area (Å²) >= 11 is 9.42. The van der Waals surface area contributed by atoms with Crippen LogP contribution in [0.4, 0.5) is 0 Å². The van der Waals surface area contributed by atoms with E-state index in [1.54, 1.807) is 12.1 Å². The second-order valence-corrected chi connectivity index (χ2v) is 6.63. The Kier molecular flexibility index (Phi) is 3.83. The van der Waals surface area contributed by atoms with Crippen LogP contribution in [0.2, 0.25) is 5.02 Å². The molecule has 0 radical (unpaired) electrons. The summed E-state index contributed by atoms with van der Waals surface area (Å²) in [5.74, 6) is 1.43. The maximum Gasteiger partial charge on any atom is 0.255 e. The Hall–Kier alpha value is -0.580. The van der Waals surface area contributed by atoms with E-state index in [1.165, 1.54) is 0 Å². The molecule has 2 fully saturated rings. The van der Waals surface area contributed by atoms with Gasteiger partial charge in [-0.05, 0) is 65.5 Å². The van der Waals surface area contributed by atoms with Crippen molar-refractivity contribution < 1.29 is 4.79 Å². The first kappa shape index (κ1) is 13.4. The summed E-state index contributed by atoms with van der Waals surface area (Å²) in [4.78, 5) is 14.5. The molecule has 1 aromatic carbocycles. The first-order valence-corrected chi connectivity index (χ1v) is 7.77. The lowest BCUT2D eigenvalue weighted by Gasteiger charge is -2.34. The summed E-state index contributed by atoms with van der Waals surface area (Å²) in [6, 6.07) is 5.36. The summed E-state index contributed by atoms with van der Waals surface area (Å²) in [7, 11) is 0. The third-order valence-electron chi connectivity index (χ3n) is 4.15. The number of nitrogens with one attached hydrogen (secondary N) is 1. The number of fused-ring (bicyclic) bond motifs is 1. The summed E-state index contributed by atoms with van der Waals surface area (Å²) in [6.07, 6.45) is 1.10. The van der Waals surface area contributed by atoms with E-state index in [2.05, 4.69) is 21.2 Å². The molecule has 0 bridgehead atoms. The van der Waals surface area contributed by atoms with Gasteiger partial charge in [0.15, 0.2) is 0 Å². The van der Waals surface area contributed by atoms with Crippen LogP contribution in [0.25, 0.3) is 0 Å². The van der Waals surface area contributed by atoms with Crippen molar-refractivity contribution in [3.8, 4) is 0 Å². The van der Waals surface area contributed by atoms with Gasteiger partial charge in [-0.25, -0.2) is 0 Å². The van der Waals surface area contributed by atoms with Crippen molar-refractivity contribution in [2.24, 2.45) is 11.8 Å². The zero-order valence-electron chi connectivity index (χ0n) is 10.5. The molecule has 2 heterocycles. The number of halogens is 2. The second-order valence-electron chi connectivity index (χ2n) is 5.34. The molecule has 3 nitrogen and oxygen atoms in total. The van der Waals surface area contributed by atoms with Gasteiger partial charge in [-0.3, -0.25) is 4.79 Å². The molecule has 19 heavy (non-hydrogen) atoms. The maximum atomic E-state index is 12.6. The van der Waals surface area contributed by atoms with E-state index in [4.69, 9.17) is 11.6 Å². The number of hydrogen-bond acceptors (Lipinski definition) is 2. The van der Waals surface area contributed by atoms with Crippen molar-refractivity contribution >= 4 is 33.4 Å². The lowest BCUT2D eigenvalue weighted by Crippen LogP contribution is -2.43. The monoisotopic (exact) mass is 342 g/mol. The summed E-state index contributed by atoms with van der Waals surface area (Å²) in [5, 5.41) is 4.02. The highest BCUT2D eigenvalue weighted by atomic mass is 79.9. The third-order valence-corrected chi connectivity index (χ3v) is 5.08. The Morgan fingerprint density at radius 2 is 2.16 bits per heavy atom. The Labute approximate surface area is 126 Å². The molecule has 0 aliphatic carbocycles. The van der Waals surface area contributed by atoms with Crippen LogP contribution in [0.5, 0.6) is 0 Å². The fraction of sp³-hybridized carbons (Fsp3) is 0.500. The van der Waals surface area contributed by atoms with Crippen LogP contribution in [0.3, 0.4) is 0 Å². The predicted molar refractivity (Wildman–Crippen MR) is 79.5 cm³/mol. The van der Waals surface area contributed by atoms with Gasteiger partial charge in [0.1, 0.15) is 0 Å². The summed E-state index contributed by atoms with van der Waals surface area (Å²) in [5.41, 5.74) is 0.664. The quantitative estimate of drug-likeness (QED) is 0.850. The second kappa shape index (κ2) is 5.43. The molecule has 2 atom stereocenters. The van der Waals surface area contributed by atoms with E-state index in [9.17, 15) is 4.79 Å². The van der Waals surface area contributed by atoms with Gasteiger partial charge in [-0.15, -0.1) is 0 Å². The number of carbonyl (C=O) groups is 1. The summed E-state index contributed by atoms with van der Waals surface area (Å²) in [6.45, 7) is 3.84. The number of benzene rings is 1. The van der Waals surface area contributed by atoms with E-state index >= 15 is 0 Å². The minimum absolute atomic E-state index is 0.0831. The van der Waals surface area contributed by atoms with Crippen molar-refractivity contribution in [1.29, 1.82) is 0 Å². The zero-order valence-corrected chi connectivity index (χ0v) is 12.9. The number of nitrogens with zero attached hydrogens (tertiary/aromatic N) is 1. The molecular weight excluding hydrogens is 328 g/mol. The predicted octanol–water partition coefficient (Wildman–Crippen LogP) is 2.78. The molecule has 1 amide bonds. The Balaban J connectivity index is 1.78. The normalized spacial score (nSPS) is 26.3. The summed E-state index contributed by atoms with van der Waals surface area (Å²) < 4.78 is 0.813. The van der Waals surface area contributed by atoms with E-state index in [0.29, 0.717) is 16.5 Å². The number of rotatable bonds is 1. The molecule has 0 saturated carbocycles. The largest absolute Gasteiger partial charge is 0.338 e. The molecule has 3 rings (SSSR count). The van der Waals surface area contributed by atoms with E-state index in [-0.39, 0.29) is 5.91 Å². The number of amides is 1. The lowest BCUT2D eigenvalue weighted by atomic mass is 9.88. The van der Waals surface area contributed by atoms with Crippen LogP contribution in [-0.4, -0.2) is 37.0 Å². The molecule has 1 aromatic rings. The molecule has 2 unspecified atom stereocenters. The molecule has 2 saturated heterocycles. The van der Waals surface area contributed by atoms with Crippen molar-refractivity contribution in [1.82, 2.24) is 10.2 Å². The Bertz CT molecular complexity index is 508. The fourth-order valence-electron chi connectivity index (χ4n) is 3.05. The van der Waals surface area contributed by atoms with Gasteiger partial charge in [0.05, 0.1) is 5.56 Å². The highest BCUT2D eigenvalue weighted by molar-refractivity contribution is 9.10. The average Bonchev–Trinajstić information content (AvgIpc) is 2.88. The molecule has 102 valence electrons. The lowest BCUT2D eigenvalue weighted by molar-refractivity contribution is 0.0641. The van der Waals surface area contributed by atoms with Gasteiger partial charge < -0.3 is 10.2 Å². The van der Waals surface area contributed by atoms with Crippen molar-refractivity contribution in [2.75, 3.05) is 26.2 Å². The van der Waals surface area contributed by atoms with Crippen molar-refractivity contribution in [3.05, 3.63) is 33.3 Å². The number of hydrogen-bond donors (Lipinski definition) is 1. The molecule has 0 spiro atoms. The Morgan fingerprint density at radius 3 is 3.00 bits per heavy atom. The van der Waals surface area contributed by atoms with Crippen LogP contribution in [0.15, 0.2) is 22.7 Å². The molecule has 2 aliphatic heterocycles. The molecule has 1 N–H and O–H groups in total. The van der Waals surface area contributed by atoms with Crippen molar-refractivity contribution in [2.45, 2.75) is 6.42 Å². The van der Waals surface area contributed by atoms with Gasteiger partial charge in [-0.1, -0.05) is 11.6 Å². The number of likely N-dealkylation sites (tertiary alicyclic amines) is 1. The highest BCUT2D eigenvalue weighted by Crippen LogP contribution is 2.29. The minimum Gasteiger partial charge on any atom is -0.338 e. The molecule has 0 aromatic heterocycles. The zero-order chi connectivity index (χ0) is 13.4. The Morgan fingerprint density at radius 1 is 1.37 bits per heavy atom. The first-order chi connectivity index (χ1) is 9.15. The van der Waals surface area contributed by atoms with Crippen LogP contribution >= 0.6 is 27.5 Å². The first-order valence-electron chi connectivity index (χ1n) is 6.60. The fourth-order valence-corrected chi connectivity index (χ4v) is 3.64. The van der Waals surface area contributed by atoms with Crippen LogP contribution in [0, 0.1) is 11.8 Å². The topological polar surface area (TPSA) is 32.3 Å². The maximum absolute atomic E-state index is 12.6. The smallest absolute Gasteiger partial charge is 0.255 e. The third kappa shape index (κ3) is 2.67. The molecule has 2 aliphatic rings.